The van der Waals surface area contributed by atoms with Gasteiger partial charge in [0, 0.05) is 0 Å². The van der Waals surface area contributed by atoms with Crippen molar-refractivity contribution in [3.63, 3.8) is 0 Å². The van der Waals surface area contributed by atoms with Crippen LogP contribution in [0.5, 0.6) is 0 Å². The molecule has 5 atom stereocenters. The Kier molecular flexibility index (Phi) is 8.60. The summed E-state index contributed by atoms with van der Waals surface area (Å²) in [6, 6.07) is 29.2. The molecular weight excluding hydrogens is 420 g/mol. The normalized spacial score (nSPS) is 23.5. The van der Waals surface area contributed by atoms with E-state index in [9.17, 15) is 10.2 Å². The van der Waals surface area contributed by atoms with Gasteiger partial charge < -0.3 is 29.2 Å². The molecule has 0 aromatic heterocycles. The Morgan fingerprint density at radius 3 is 1.61 bits per heavy atom. The van der Waals surface area contributed by atoms with Gasteiger partial charge in [-0.1, -0.05) is 91.0 Å². The van der Waals surface area contributed by atoms with E-state index >= 15 is 0 Å². The maximum atomic E-state index is 10.7. The second-order valence-electron chi connectivity index (χ2n) is 8.03. The first-order valence-electron chi connectivity index (χ1n) is 11.2. The van der Waals surface area contributed by atoms with Crippen LogP contribution in [-0.2, 0) is 38.8 Å². The van der Waals surface area contributed by atoms with Crippen LogP contribution in [-0.4, -0.2) is 47.5 Å². The van der Waals surface area contributed by atoms with Gasteiger partial charge in [0.25, 0.3) is 0 Å². The number of rotatable bonds is 11. The maximum absolute atomic E-state index is 10.7. The monoisotopic (exact) mass is 450 g/mol. The molecular formula is C27H30O6. The number of aliphatic hydroxyl groups is 2. The highest BCUT2D eigenvalue weighted by molar-refractivity contribution is 5.15. The molecule has 0 bridgehead atoms. The zero-order chi connectivity index (χ0) is 22.9. The molecule has 33 heavy (non-hydrogen) atoms. The summed E-state index contributed by atoms with van der Waals surface area (Å²) in [4.78, 5) is 0. The van der Waals surface area contributed by atoms with E-state index < -0.39 is 30.7 Å². The van der Waals surface area contributed by atoms with Crippen molar-refractivity contribution >= 4 is 0 Å². The summed E-state index contributed by atoms with van der Waals surface area (Å²) >= 11 is 0. The molecule has 0 amide bonds. The van der Waals surface area contributed by atoms with Crippen molar-refractivity contribution in [2.75, 3.05) is 6.61 Å². The fourth-order valence-electron chi connectivity index (χ4n) is 3.89. The van der Waals surface area contributed by atoms with Crippen LogP contribution in [0.15, 0.2) is 91.0 Å². The lowest BCUT2D eigenvalue weighted by Gasteiger charge is -2.28. The van der Waals surface area contributed by atoms with Crippen molar-refractivity contribution in [3.05, 3.63) is 108 Å². The molecule has 0 spiro atoms. The van der Waals surface area contributed by atoms with E-state index in [4.69, 9.17) is 18.9 Å². The Labute approximate surface area is 194 Å². The molecule has 1 saturated heterocycles. The van der Waals surface area contributed by atoms with Gasteiger partial charge in [-0.05, 0) is 16.7 Å². The minimum Gasteiger partial charge on any atom is -0.394 e. The molecule has 3 aromatic carbocycles. The van der Waals surface area contributed by atoms with Gasteiger partial charge in [0.05, 0.1) is 26.4 Å². The SMILES string of the molecule is OC[C@@H](OCc1ccccc1)[C@@H]1OC(O)[C@H](OCc2ccccc2)[C@H]1OCc1ccccc1. The van der Waals surface area contributed by atoms with E-state index in [0.717, 1.165) is 16.7 Å². The third-order valence-corrected chi connectivity index (χ3v) is 5.65. The van der Waals surface area contributed by atoms with Crippen LogP contribution in [0.3, 0.4) is 0 Å². The van der Waals surface area contributed by atoms with Crippen molar-refractivity contribution < 1.29 is 29.2 Å². The second-order valence-corrected chi connectivity index (χ2v) is 8.03. The lowest BCUT2D eigenvalue weighted by atomic mass is 10.1. The van der Waals surface area contributed by atoms with Gasteiger partial charge in [-0.3, -0.25) is 0 Å². The predicted molar refractivity (Wildman–Crippen MR) is 123 cm³/mol. The standard InChI is InChI=1S/C27H30O6/c28-16-23(30-17-20-10-4-1-5-11-20)24-25(31-18-21-12-6-2-7-13-21)26(27(29)33-24)32-19-22-14-8-3-9-15-22/h1-15,23-29H,16-19H2/t23-,24+,25+,26-,27?/m1/s1. The van der Waals surface area contributed by atoms with E-state index in [2.05, 4.69) is 0 Å². The first-order chi connectivity index (χ1) is 16.2. The average molecular weight is 451 g/mol. The summed E-state index contributed by atoms with van der Waals surface area (Å²) in [7, 11) is 0. The summed E-state index contributed by atoms with van der Waals surface area (Å²) in [5.74, 6) is 0. The quantitative estimate of drug-likeness (QED) is 0.466. The van der Waals surface area contributed by atoms with E-state index in [-0.39, 0.29) is 6.61 Å². The van der Waals surface area contributed by atoms with Gasteiger partial charge in [-0.15, -0.1) is 0 Å². The molecule has 0 aliphatic carbocycles. The molecule has 1 unspecified atom stereocenters. The van der Waals surface area contributed by atoms with Crippen LogP contribution in [0.4, 0.5) is 0 Å². The highest BCUT2D eigenvalue weighted by Crippen LogP contribution is 2.30. The Morgan fingerprint density at radius 1 is 0.667 bits per heavy atom. The van der Waals surface area contributed by atoms with Crippen LogP contribution < -0.4 is 0 Å². The first-order valence-corrected chi connectivity index (χ1v) is 11.2. The lowest BCUT2D eigenvalue weighted by Crippen LogP contribution is -2.44. The van der Waals surface area contributed by atoms with E-state index in [1.165, 1.54) is 0 Å². The molecule has 2 N–H and O–H groups in total. The largest absolute Gasteiger partial charge is 0.394 e. The molecule has 1 fully saturated rings. The van der Waals surface area contributed by atoms with Crippen LogP contribution in [0.1, 0.15) is 16.7 Å². The Balaban J connectivity index is 1.47. The zero-order valence-corrected chi connectivity index (χ0v) is 18.4. The molecule has 6 heteroatoms. The minimum absolute atomic E-state index is 0.277. The van der Waals surface area contributed by atoms with Crippen LogP contribution in [0.2, 0.25) is 0 Å². The number of hydrogen-bond donors (Lipinski definition) is 2. The van der Waals surface area contributed by atoms with Crippen molar-refractivity contribution in [3.8, 4) is 0 Å². The van der Waals surface area contributed by atoms with Crippen LogP contribution >= 0.6 is 0 Å². The van der Waals surface area contributed by atoms with Crippen LogP contribution in [0, 0.1) is 0 Å². The van der Waals surface area contributed by atoms with Crippen molar-refractivity contribution in [1.29, 1.82) is 0 Å². The average Bonchev–Trinajstić information content (AvgIpc) is 3.18. The number of ether oxygens (including phenoxy) is 4. The minimum atomic E-state index is -1.20. The summed E-state index contributed by atoms with van der Waals surface area (Å²) < 4.78 is 24.1. The Hall–Kier alpha value is -2.58. The smallest absolute Gasteiger partial charge is 0.184 e. The molecule has 6 nitrogen and oxygen atoms in total. The zero-order valence-electron chi connectivity index (χ0n) is 18.4. The summed E-state index contributed by atoms with van der Waals surface area (Å²) in [5.41, 5.74) is 2.95. The highest BCUT2D eigenvalue weighted by Gasteiger charge is 2.49. The Bertz CT molecular complexity index is 937. The van der Waals surface area contributed by atoms with Gasteiger partial charge >= 0.3 is 0 Å². The summed E-state index contributed by atoms with van der Waals surface area (Å²) in [5, 5.41) is 20.7. The fraction of sp³-hybridized carbons (Fsp3) is 0.333. The van der Waals surface area contributed by atoms with Gasteiger partial charge in [0.15, 0.2) is 6.29 Å². The lowest BCUT2D eigenvalue weighted by molar-refractivity contribution is -0.170. The highest BCUT2D eigenvalue weighted by atomic mass is 16.7. The molecule has 0 saturated carbocycles. The van der Waals surface area contributed by atoms with Gasteiger partial charge in [-0.25, -0.2) is 0 Å². The molecule has 1 aliphatic heterocycles. The third kappa shape index (κ3) is 6.48. The van der Waals surface area contributed by atoms with Crippen LogP contribution in [0.25, 0.3) is 0 Å². The third-order valence-electron chi connectivity index (χ3n) is 5.65. The molecule has 174 valence electrons. The first kappa shape index (κ1) is 23.6. The molecule has 3 aromatic rings. The predicted octanol–water partition coefficient (Wildman–Crippen LogP) is 3.45. The van der Waals surface area contributed by atoms with Gasteiger partial charge in [0.2, 0.25) is 0 Å². The van der Waals surface area contributed by atoms with Gasteiger partial charge in [-0.2, -0.15) is 0 Å². The van der Waals surface area contributed by atoms with Gasteiger partial charge in [0.1, 0.15) is 24.4 Å². The van der Waals surface area contributed by atoms with Crippen molar-refractivity contribution in [2.24, 2.45) is 0 Å². The molecule has 1 aliphatic rings. The Morgan fingerprint density at radius 2 is 1.12 bits per heavy atom. The van der Waals surface area contributed by atoms with E-state index in [1.807, 2.05) is 91.0 Å². The fourth-order valence-corrected chi connectivity index (χ4v) is 3.89. The molecule has 1 heterocycles. The number of hydrogen-bond acceptors (Lipinski definition) is 6. The number of aliphatic hydroxyl groups excluding tert-OH is 2. The summed E-state index contributed by atoms with van der Waals surface area (Å²) in [6.07, 6.45) is -3.94. The van der Waals surface area contributed by atoms with Crippen molar-refractivity contribution in [1.82, 2.24) is 0 Å². The van der Waals surface area contributed by atoms with E-state index in [0.29, 0.717) is 19.8 Å². The molecule has 4 rings (SSSR count). The second kappa shape index (κ2) is 12.0. The number of benzene rings is 3. The molecule has 0 radical (unpaired) electrons. The topological polar surface area (TPSA) is 77.4 Å². The van der Waals surface area contributed by atoms with E-state index in [1.54, 1.807) is 0 Å². The van der Waals surface area contributed by atoms with Crippen molar-refractivity contribution in [2.45, 2.75) is 50.5 Å². The summed E-state index contributed by atoms with van der Waals surface area (Å²) in [6.45, 7) is 0.655. The maximum Gasteiger partial charge on any atom is 0.184 e.